The summed E-state index contributed by atoms with van der Waals surface area (Å²) in [5.74, 6) is 0. The Kier molecular flexibility index (Phi) is 1.69. The van der Waals surface area contributed by atoms with Crippen LogP contribution in [0.2, 0.25) is 0 Å². The fourth-order valence-corrected chi connectivity index (χ4v) is 2.05. The van der Waals surface area contributed by atoms with Crippen molar-refractivity contribution in [2.24, 2.45) is 7.05 Å². The molecular formula is C6H11N2OP. The van der Waals surface area contributed by atoms with E-state index in [4.69, 9.17) is 0 Å². The van der Waals surface area contributed by atoms with Gasteiger partial charge in [0.15, 0.2) is 5.57 Å². The largest absolute Gasteiger partial charge is 0.332 e. The van der Waals surface area contributed by atoms with E-state index in [0.29, 0.717) is 5.57 Å². The zero-order valence-corrected chi connectivity index (χ0v) is 7.30. The average Bonchev–Trinajstić information content (AvgIpc) is 2.11. The van der Waals surface area contributed by atoms with Crippen molar-refractivity contribution in [2.45, 2.75) is 0 Å². The minimum atomic E-state index is -2.16. The second-order valence-electron chi connectivity index (χ2n) is 2.69. The van der Waals surface area contributed by atoms with Gasteiger partial charge in [0.05, 0.1) is 0 Å². The Morgan fingerprint density at radius 1 is 1.60 bits per heavy atom. The van der Waals surface area contributed by atoms with Gasteiger partial charge in [0.25, 0.3) is 0 Å². The molecule has 0 amide bonds. The van der Waals surface area contributed by atoms with Gasteiger partial charge in [-0.25, -0.2) is 4.98 Å². The first-order chi connectivity index (χ1) is 4.52. The predicted octanol–water partition coefficient (Wildman–Crippen LogP) is 0.668. The molecule has 0 aliphatic carbocycles. The van der Waals surface area contributed by atoms with Crippen LogP contribution in [0.3, 0.4) is 0 Å². The molecule has 1 aromatic heterocycles. The van der Waals surface area contributed by atoms with Gasteiger partial charge in [-0.15, -0.1) is 0 Å². The molecule has 0 N–H and O–H groups in total. The molecule has 56 valence electrons. The molecule has 0 radical (unpaired) electrons. The first-order valence-electron chi connectivity index (χ1n) is 3.04. The lowest BCUT2D eigenvalue weighted by molar-refractivity contribution is 0.586. The third kappa shape index (κ3) is 1.29. The van der Waals surface area contributed by atoms with Crippen molar-refractivity contribution in [1.82, 2.24) is 9.55 Å². The maximum Gasteiger partial charge on any atom is 0.168 e. The molecule has 0 aliphatic rings. The molecule has 1 rings (SSSR count). The molecule has 3 nitrogen and oxygen atoms in total. The highest BCUT2D eigenvalue weighted by Gasteiger charge is 2.14. The van der Waals surface area contributed by atoms with E-state index >= 15 is 0 Å². The lowest BCUT2D eigenvalue weighted by Gasteiger charge is -2.04. The van der Waals surface area contributed by atoms with Gasteiger partial charge < -0.3 is 9.13 Å². The summed E-state index contributed by atoms with van der Waals surface area (Å²) in [5.41, 5.74) is 0.688. The summed E-state index contributed by atoms with van der Waals surface area (Å²) in [7, 11) is -0.307. The number of hydrogen-bond donors (Lipinski definition) is 0. The lowest BCUT2D eigenvalue weighted by atomic mass is 10.9. The third-order valence-electron chi connectivity index (χ3n) is 1.28. The Balaban J connectivity index is 3.18. The third-order valence-corrected chi connectivity index (χ3v) is 2.67. The van der Waals surface area contributed by atoms with Crippen LogP contribution in [0.15, 0.2) is 12.4 Å². The average molecular weight is 158 g/mol. The van der Waals surface area contributed by atoms with E-state index in [-0.39, 0.29) is 0 Å². The zero-order chi connectivity index (χ0) is 7.78. The van der Waals surface area contributed by atoms with Crippen molar-refractivity contribution in [3.05, 3.63) is 12.4 Å². The molecule has 0 saturated heterocycles. The van der Waals surface area contributed by atoms with E-state index in [9.17, 15) is 4.57 Å². The molecule has 0 saturated carbocycles. The van der Waals surface area contributed by atoms with Crippen LogP contribution in [0, 0.1) is 0 Å². The Labute approximate surface area is 60.5 Å². The molecule has 0 atom stereocenters. The standard InChI is InChI=1S/C6H11N2OP/c1-8-5-4-7-6(8)10(2,3)9/h4-5H,1-3H3. The van der Waals surface area contributed by atoms with Crippen LogP contribution in [-0.4, -0.2) is 22.9 Å². The summed E-state index contributed by atoms with van der Waals surface area (Å²) in [4.78, 5) is 3.99. The minimum absolute atomic E-state index is 0.688. The normalized spacial score (nSPS) is 11.9. The molecular weight excluding hydrogens is 147 g/mol. The number of nitrogens with zero attached hydrogens (tertiary/aromatic N) is 2. The zero-order valence-electron chi connectivity index (χ0n) is 6.40. The van der Waals surface area contributed by atoms with Crippen LogP contribution < -0.4 is 5.57 Å². The molecule has 0 unspecified atom stereocenters. The van der Waals surface area contributed by atoms with Gasteiger partial charge >= 0.3 is 0 Å². The van der Waals surface area contributed by atoms with Crippen LogP contribution >= 0.6 is 7.14 Å². The van der Waals surface area contributed by atoms with Gasteiger partial charge in [-0.3, -0.25) is 0 Å². The van der Waals surface area contributed by atoms with Gasteiger partial charge in [-0.2, -0.15) is 0 Å². The second kappa shape index (κ2) is 2.24. The highest BCUT2D eigenvalue weighted by molar-refractivity contribution is 7.69. The van der Waals surface area contributed by atoms with Crippen LogP contribution in [0.1, 0.15) is 0 Å². The summed E-state index contributed by atoms with van der Waals surface area (Å²) < 4.78 is 13.2. The Bertz CT molecular complexity index is 273. The van der Waals surface area contributed by atoms with E-state index in [2.05, 4.69) is 4.98 Å². The predicted molar refractivity (Wildman–Crippen MR) is 42.3 cm³/mol. The van der Waals surface area contributed by atoms with Crippen LogP contribution in [0.4, 0.5) is 0 Å². The molecule has 1 aromatic rings. The highest BCUT2D eigenvalue weighted by Crippen LogP contribution is 2.32. The van der Waals surface area contributed by atoms with Gasteiger partial charge in [0, 0.05) is 19.4 Å². The lowest BCUT2D eigenvalue weighted by Crippen LogP contribution is -2.14. The number of aromatic nitrogens is 2. The Morgan fingerprint density at radius 2 is 2.20 bits per heavy atom. The molecule has 1 heterocycles. The van der Waals surface area contributed by atoms with Crippen LogP contribution in [-0.2, 0) is 11.6 Å². The SMILES string of the molecule is Cn1ccnc1P(C)(C)=O. The molecule has 0 bridgehead atoms. The fraction of sp³-hybridized carbons (Fsp3) is 0.500. The van der Waals surface area contributed by atoms with Crippen molar-refractivity contribution in [2.75, 3.05) is 13.3 Å². The number of hydrogen-bond acceptors (Lipinski definition) is 2. The first-order valence-corrected chi connectivity index (χ1v) is 5.65. The molecule has 0 fully saturated rings. The molecule has 0 aromatic carbocycles. The monoisotopic (exact) mass is 158 g/mol. The van der Waals surface area contributed by atoms with Gasteiger partial charge in [0.1, 0.15) is 7.14 Å². The Hall–Kier alpha value is -0.560. The first kappa shape index (κ1) is 7.55. The summed E-state index contributed by atoms with van der Waals surface area (Å²) in [6.45, 7) is 3.44. The molecule has 10 heavy (non-hydrogen) atoms. The van der Waals surface area contributed by atoms with Crippen molar-refractivity contribution < 1.29 is 4.57 Å². The van der Waals surface area contributed by atoms with E-state index in [0.717, 1.165) is 0 Å². The van der Waals surface area contributed by atoms with E-state index in [1.54, 1.807) is 30.3 Å². The Morgan fingerprint density at radius 3 is 2.40 bits per heavy atom. The summed E-state index contributed by atoms with van der Waals surface area (Å²) in [5, 5.41) is 0. The summed E-state index contributed by atoms with van der Waals surface area (Å²) in [6, 6.07) is 0. The van der Waals surface area contributed by atoms with E-state index in [1.165, 1.54) is 0 Å². The van der Waals surface area contributed by atoms with Crippen LogP contribution in [0.25, 0.3) is 0 Å². The van der Waals surface area contributed by atoms with Gasteiger partial charge in [-0.05, 0) is 13.3 Å². The molecule has 4 heteroatoms. The minimum Gasteiger partial charge on any atom is -0.332 e. The quantitative estimate of drug-likeness (QED) is 0.563. The summed E-state index contributed by atoms with van der Waals surface area (Å²) >= 11 is 0. The van der Waals surface area contributed by atoms with E-state index in [1.807, 2.05) is 7.05 Å². The van der Waals surface area contributed by atoms with Crippen molar-refractivity contribution in [3.63, 3.8) is 0 Å². The van der Waals surface area contributed by atoms with Crippen LogP contribution in [0.5, 0.6) is 0 Å². The van der Waals surface area contributed by atoms with Crippen molar-refractivity contribution in [3.8, 4) is 0 Å². The number of imidazole rings is 1. The number of rotatable bonds is 1. The van der Waals surface area contributed by atoms with Gasteiger partial charge in [-0.1, -0.05) is 0 Å². The van der Waals surface area contributed by atoms with Crippen molar-refractivity contribution in [1.29, 1.82) is 0 Å². The van der Waals surface area contributed by atoms with Gasteiger partial charge in [0.2, 0.25) is 0 Å². The summed E-state index contributed by atoms with van der Waals surface area (Å²) in [6.07, 6.45) is 3.46. The molecule has 0 aliphatic heterocycles. The maximum absolute atomic E-state index is 11.4. The highest BCUT2D eigenvalue weighted by atomic mass is 31.2. The molecule has 0 spiro atoms. The van der Waals surface area contributed by atoms with E-state index < -0.39 is 7.14 Å². The smallest absolute Gasteiger partial charge is 0.168 e. The maximum atomic E-state index is 11.4. The number of aryl methyl sites for hydroxylation is 1. The van der Waals surface area contributed by atoms with Crippen molar-refractivity contribution >= 4 is 12.7 Å². The topological polar surface area (TPSA) is 34.9 Å². The fourth-order valence-electron chi connectivity index (χ4n) is 0.877. The second-order valence-corrected chi connectivity index (χ2v) is 5.79.